The third-order valence-electron chi connectivity index (χ3n) is 3.93. The quantitative estimate of drug-likeness (QED) is 0.797. The van der Waals surface area contributed by atoms with Crippen molar-refractivity contribution in [1.29, 1.82) is 0 Å². The second kappa shape index (κ2) is 6.24. The van der Waals surface area contributed by atoms with Crippen molar-refractivity contribution in [2.45, 2.75) is 52.5 Å². The van der Waals surface area contributed by atoms with Crippen LogP contribution in [0.3, 0.4) is 0 Å². The second-order valence-electron chi connectivity index (χ2n) is 5.03. The first-order valence-electron chi connectivity index (χ1n) is 6.64. The molecule has 1 heterocycles. The molecular formula is C13H26N2O. The van der Waals surface area contributed by atoms with Crippen LogP contribution in [0.2, 0.25) is 0 Å². The average molecular weight is 226 g/mol. The van der Waals surface area contributed by atoms with Crippen LogP contribution in [0.25, 0.3) is 0 Å². The van der Waals surface area contributed by atoms with Crippen LogP contribution < -0.4 is 5.73 Å². The first-order valence-corrected chi connectivity index (χ1v) is 6.64. The van der Waals surface area contributed by atoms with E-state index in [0.717, 1.165) is 25.8 Å². The Morgan fingerprint density at radius 1 is 1.38 bits per heavy atom. The standard InChI is InChI=1S/C13H26N2O/c1-4-12(5-2)13(16)15-9-11(8-14)7-6-10(15)3/h10-12H,4-9,14H2,1-3H3. The molecule has 0 aromatic carbocycles. The molecule has 2 unspecified atom stereocenters. The molecule has 0 aromatic heterocycles. The molecule has 1 fully saturated rings. The van der Waals surface area contributed by atoms with Crippen LogP contribution >= 0.6 is 0 Å². The van der Waals surface area contributed by atoms with Crippen molar-refractivity contribution in [2.24, 2.45) is 17.6 Å². The first-order chi connectivity index (χ1) is 7.63. The fraction of sp³-hybridized carbons (Fsp3) is 0.923. The van der Waals surface area contributed by atoms with Crippen LogP contribution in [-0.4, -0.2) is 29.9 Å². The third-order valence-corrected chi connectivity index (χ3v) is 3.93. The van der Waals surface area contributed by atoms with Crippen molar-refractivity contribution in [2.75, 3.05) is 13.1 Å². The molecule has 1 saturated heterocycles. The van der Waals surface area contributed by atoms with Gasteiger partial charge in [0, 0.05) is 18.5 Å². The van der Waals surface area contributed by atoms with Gasteiger partial charge in [-0.1, -0.05) is 13.8 Å². The highest BCUT2D eigenvalue weighted by atomic mass is 16.2. The lowest BCUT2D eigenvalue weighted by Crippen LogP contribution is -2.49. The van der Waals surface area contributed by atoms with Crippen molar-refractivity contribution in [3.05, 3.63) is 0 Å². The van der Waals surface area contributed by atoms with Gasteiger partial charge in [0.2, 0.25) is 5.91 Å². The fourth-order valence-corrected chi connectivity index (χ4v) is 2.55. The van der Waals surface area contributed by atoms with Gasteiger partial charge in [0.05, 0.1) is 0 Å². The van der Waals surface area contributed by atoms with E-state index < -0.39 is 0 Å². The lowest BCUT2D eigenvalue weighted by Gasteiger charge is -2.39. The molecule has 3 nitrogen and oxygen atoms in total. The van der Waals surface area contributed by atoms with Gasteiger partial charge in [-0.25, -0.2) is 0 Å². The fourth-order valence-electron chi connectivity index (χ4n) is 2.55. The molecule has 0 bridgehead atoms. The average Bonchev–Trinajstić information content (AvgIpc) is 2.31. The highest BCUT2D eigenvalue weighted by Gasteiger charge is 2.30. The number of nitrogens with two attached hydrogens (primary N) is 1. The van der Waals surface area contributed by atoms with E-state index in [1.165, 1.54) is 6.42 Å². The minimum Gasteiger partial charge on any atom is -0.339 e. The van der Waals surface area contributed by atoms with Crippen molar-refractivity contribution < 1.29 is 4.79 Å². The normalized spacial score (nSPS) is 26.2. The summed E-state index contributed by atoms with van der Waals surface area (Å²) in [7, 11) is 0. The lowest BCUT2D eigenvalue weighted by molar-refractivity contribution is -0.140. The predicted octanol–water partition coefficient (Wildman–Crippen LogP) is 2.01. The molecule has 1 rings (SSSR count). The van der Waals surface area contributed by atoms with Crippen LogP contribution in [-0.2, 0) is 4.79 Å². The molecule has 94 valence electrons. The van der Waals surface area contributed by atoms with E-state index in [4.69, 9.17) is 5.73 Å². The largest absolute Gasteiger partial charge is 0.339 e. The number of piperidine rings is 1. The lowest BCUT2D eigenvalue weighted by atomic mass is 9.91. The molecule has 16 heavy (non-hydrogen) atoms. The molecule has 3 heteroatoms. The summed E-state index contributed by atoms with van der Waals surface area (Å²) in [6.45, 7) is 7.93. The second-order valence-corrected chi connectivity index (χ2v) is 5.03. The summed E-state index contributed by atoms with van der Waals surface area (Å²) >= 11 is 0. The molecule has 2 N–H and O–H groups in total. The van der Waals surface area contributed by atoms with Gasteiger partial charge in [-0.15, -0.1) is 0 Å². The van der Waals surface area contributed by atoms with Gasteiger partial charge in [-0.05, 0) is 45.1 Å². The Morgan fingerprint density at radius 3 is 2.50 bits per heavy atom. The van der Waals surface area contributed by atoms with E-state index in [1.54, 1.807) is 0 Å². The summed E-state index contributed by atoms with van der Waals surface area (Å²) in [6.07, 6.45) is 4.18. The number of hydrogen-bond donors (Lipinski definition) is 1. The molecule has 1 aliphatic rings. The number of amides is 1. The minimum absolute atomic E-state index is 0.207. The maximum Gasteiger partial charge on any atom is 0.225 e. The third kappa shape index (κ3) is 2.97. The van der Waals surface area contributed by atoms with Gasteiger partial charge < -0.3 is 10.6 Å². The van der Waals surface area contributed by atoms with Gasteiger partial charge in [-0.2, -0.15) is 0 Å². The van der Waals surface area contributed by atoms with Crippen LogP contribution in [0.5, 0.6) is 0 Å². The van der Waals surface area contributed by atoms with Crippen LogP contribution in [0.15, 0.2) is 0 Å². The minimum atomic E-state index is 0.207. The maximum absolute atomic E-state index is 12.3. The molecule has 1 aliphatic heterocycles. The van der Waals surface area contributed by atoms with Crippen molar-refractivity contribution in [1.82, 2.24) is 4.90 Å². The summed E-state index contributed by atoms with van der Waals surface area (Å²) in [5, 5.41) is 0. The zero-order valence-electron chi connectivity index (χ0n) is 10.9. The van der Waals surface area contributed by atoms with Crippen molar-refractivity contribution in [3.8, 4) is 0 Å². The molecule has 1 amide bonds. The molecule has 0 radical (unpaired) electrons. The molecule has 0 aromatic rings. The number of carbonyl (C=O) groups excluding carboxylic acids is 1. The van der Waals surface area contributed by atoms with Crippen LogP contribution in [0.1, 0.15) is 46.5 Å². The van der Waals surface area contributed by atoms with E-state index in [0.29, 0.717) is 24.4 Å². The summed E-state index contributed by atoms with van der Waals surface area (Å²) in [5.74, 6) is 1.06. The Bertz CT molecular complexity index is 226. The van der Waals surface area contributed by atoms with Crippen LogP contribution in [0.4, 0.5) is 0 Å². The van der Waals surface area contributed by atoms with E-state index >= 15 is 0 Å². The molecular weight excluding hydrogens is 200 g/mol. The van der Waals surface area contributed by atoms with Crippen molar-refractivity contribution in [3.63, 3.8) is 0 Å². The van der Waals surface area contributed by atoms with Crippen molar-refractivity contribution >= 4 is 5.91 Å². The Morgan fingerprint density at radius 2 is 2.00 bits per heavy atom. The Labute approximate surface area is 99.4 Å². The van der Waals surface area contributed by atoms with E-state index in [1.807, 2.05) is 0 Å². The number of likely N-dealkylation sites (tertiary alicyclic amines) is 1. The van der Waals surface area contributed by atoms with Gasteiger partial charge in [-0.3, -0.25) is 4.79 Å². The zero-order valence-corrected chi connectivity index (χ0v) is 10.9. The SMILES string of the molecule is CCC(CC)C(=O)N1CC(CN)CCC1C. The smallest absolute Gasteiger partial charge is 0.225 e. The molecule has 0 aliphatic carbocycles. The summed E-state index contributed by atoms with van der Waals surface area (Å²) in [4.78, 5) is 14.4. The van der Waals surface area contributed by atoms with E-state index in [9.17, 15) is 4.79 Å². The topological polar surface area (TPSA) is 46.3 Å². The Balaban J connectivity index is 2.64. The van der Waals surface area contributed by atoms with E-state index in [-0.39, 0.29) is 5.92 Å². The van der Waals surface area contributed by atoms with Gasteiger partial charge >= 0.3 is 0 Å². The number of carbonyl (C=O) groups is 1. The number of nitrogens with zero attached hydrogens (tertiary/aromatic N) is 1. The van der Waals surface area contributed by atoms with Gasteiger partial charge in [0.15, 0.2) is 0 Å². The zero-order chi connectivity index (χ0) is 12.1. The Kier molecular flexibility index (Phi) is 5.26. The first kappa shape index (κ1) is 13.5. The highest BCUT2D eigenvalue weighted by molar-refractivity contribution is 5.79. The summed E-state index contributed by atoms with van der Waals surface area (Å²) in [5.41, 5.74) is 5.71. The molecule has 2 atom stereocenters. The maximum atomic E-state index is 12.3. The monoisotopic (exact) mass is 226 g/mol. The highest BCUT2D eigenvalue weighted by Crippen LogP contribution is 2.24. The predicted molar refractivity (Wildman–Crippen MR) is 67.0 cm³/mol. The molecule has 0 spiro atoms. The summed E-state index contributed by atoms with van der Waals surface area (Å²) in [6, 6.07) is 0.399. The summed E-state index contributed by atoms with van der Waals surface area (Å²) < 4.78 is 0. The van der Waals surface area contributed by atoms with Crippen LogP contribution in [0, 0.1) is 11.8 Å². The number of hydrogen-bond acceptors (Lipinski definition) is 2. The van der Waals surface area contributed by atoms with E-state index in [2.05, 4.69) is 25.7 Å². The molecule has 0 saturated carbocycles. The van der Waals surface area contributed by atoms with Gasteiger partial charge in [0.25, 0.3) is 0 Å². The van der Waals surface area contributed by atoms with Gasteiger partial charge in [0.1, 0.15) is 0 Å². The number of rotatable bonds is 4. The Hall–Kier alpha value is -0.570.